The minimum Gasteiger partial charge on any atom is -0.492 e. The molecule has 1 aromatic heterocycles. The van der Waals surface area contributed by atoms with Crippen molar-refractivity contribution in [3.8, 4) is 5.75 Å². The molecule has 2 amide bonds. The minimum absolute atomic E-state index is 0.156. The zero-order chi connectivity index (χ0) is 29.4. The second kappa shape index (κ2) is 14.2. The number of anilines is 1. The quantitative estimate of drug-likeness (QED) is 0.421. The second-order valence-electron chi connectivity index (χ2n) is 10.9. The number of aromatic nitrogens is 1. The van der Waals surface area contributed by atoms with Crippen molar-refractivity contribution in [2.75, 3.05) is 58.3 Å². The van der Waals surface area contributed by atoms with Gasteiger partial charge in [-0.3, -0.25) is 19.5 Å². The van der Waals surface area contributed by atoms with E-state index in [-0.39, 0.29) is 24.4 Å². The van der Waals surface area contributed by atoms with Crippen molar-refractivity contribution in [2.24, 2.45) is 0 Å². The fourth-order valence-electron chi connectivity index (χ4n) is 4.94. The Morgan fingerprint density at radius 1 is 0.951 bits per heavy atom. The van der Waals surface area contributed by atoms with Crippen LogP contribution in [-0.4, -0.2) is 91.0 Å². The molecular formula is C32H40FN5O3. The van der Waals surface area contributed by atoms with E-state index in [0.29, 0.717) is 54.4 Å². The van der Waals surface area contributed by atoms with Crippen molar-refractivity contribution in [2.45, 2.75) is 32.9 Å². The Hall–Kier alpha value is -3.82. The number of carbonyl (C=O) groups excluding carboxylic acids is 2. The smallest absolute Gasteiger partial charge is 0.258 e. The molecule has 3 aromatic rings. The maximum absolute atomic E-state index is 14.6. The molecule has 9 heteroatoms. The monoisotopic (exact) mass is 561 g/mol. The molecule has 0 aliphatic carbocycles. The van der Waals surface area contributed by atoms with Gasteiger partial charge in [0.25, 0.3) is 11.8 Å². The zero-order valence-corrected chi connectivity index (χ0v) is 24.4. The number of likely N-dealkylation sites (N-methyl/N-ethyl adjacent to an activating group) is 1. The standard InChI is InChI=1S/C32H40FN5O3/c1-24(2)36-15-6-16-38(32(40)25-11-13-34-14-12-25)30-10-9-28(33)21-27(30)23-37(18-17-36)31(39)26-7-5-8-29(22-26)41-20-19-35(3)4/h5,7-14,21-22,24H,6,15-20,23H2,1-4H3. The molecule has 218 valence electrons. The molecule has 0 unspecified atom stereocenters. The molecule has 2 aromatic carbocycles. The first kappa shape index (κ1) is 30.1. The Bertz CT molecular complexity index is 1320. The third-order valence-corrected chi connectivity index (χ3v) is 7.26. The van der Waals surface area contributed by atoms with Crippen molar-refractivity contribution >= 4 is 17.5 Å². The maximum Gasteiger partial charge on any atom is 0.258 e. The third kappa shape index (κ3) is 8.11. The highest BCUT2D eigenvalue weighted by Crippen LogP contribution is 2.27. The molecular weight excluding hydrogens is 521 g/mol. The number of carbonyl (C=O) groups is 2. The first-order valence-electron chi connectivity index (χ1n) is 14.1. The Balaban J connectivity index is 1.69. The lowest BCUT2D eigenvalue weighted by atomic mass is 10.1. The topological polar surface area (TPSA) is 69.2 Å². The summed E-state index contributed by atoms with van der Waals surface area (Å²) in [7, 11) is 3.95. The molecule has 0 fully saturated rings. The van der Waals surface area contributed by atoms with Gasteiger partial charge in [-0.25, -0.2) is 4.39 Å². The number of ether oxygens (including phenoxy) is 1. The first-order valence-corrected chi connectivity index (χ1v) is 14.1. The zero-order valence-electron chi connectivity index (χ0n) is 24.4. The molecule has 1 aliphatic rings. The highest BCUT2D eigenvalue weighted by molar-refractivity contribution is 6.06. The van der Waals surface area contributed by atoms with E-state index in [1.165, 1.54) is 12.1 Å². The average molecular weight is 562 g/mol. The van der Waals surface area contributed by atoms with Gasteiger partial charge in [-0.1, -0.05) is 6.07 Å². The Kier molecular flexibility index (Phi) is 10.4. The number of hydrogen-bond donors (Lipinski definition) is 0. The van der Waals surface area contributed by atoms with Crippen LogP contribution in [-0.2, 0) is 6.54 Å². The van der Waals surface area contributed by atoms with Crippen molar-refractivity contribution in [3.05, 3.63) is 89.5 Å². The molecule has 4 rings (SSSR count). The number of benzene rings is 2. The van der Waals surface area contributed by atoms with Gasteiger partial charge in [-0.05, 0) is 88.5 Å². The first-order chi connectivity index (χ1) is 19.7. The van der Waals surface area contributed by atoms with Gasteiger partial charge in [0.1, 0.15) is 18.2 Å². The van der Waals surface area contributed by atoms with Crippen molar-refractivity contribution in [3.63, 3.8) is 0 Å². The number of nitrogens with zero attached hydrogens (tertiary/aromatic N) is 5. The summed E-state index contributed by atoms with van der Waals surface area (Å²) in [4.78, 5) is 39.5. The van der Waals surface area contributed by atoms with Crippen LogP contribution < -0.4 is 9.64 Å². The Labute approximate surface area is 242 Å². The summed E-state index contributed by atoms with van der Waals surface area (Å²) in [6, 6.07) is 15.2. The Morgan fingerprint density at radius 3 is 2.46 bits per heavy atom. The summed E-state index contributed by atoms with van der Waals surface area (Å²) in [5, 5.41) is 0. The Morgan fingerprint density at radius 2 is 1.73 bits per heavy atom. The SMILES string of the molecule is CC(C)N1CCCN(C(=O)c2ccncc2)c2ccc(F)cc2CN(C(=O)c2cccc(OCCN(C)C)c2)CC1. The predicted octanol–water partition coefficient (Wildman–Crippen LogP) is 4.56. The number of halogens is 1. The van der Waals surface area contributed by atoms with Gasteiger partial charge in [0.05, 0.1) is 0 Å². The molecule has 0 atom stereocenters. The van der Waals surface area contributed by atoms with E-state index in [4.69, 9.17) is 4.74 Å². The second-order valence-corrected chi connectivity index (χ2v) is 10.9. The molecule has 0 radical (unpaired) electrons. The molecule has 0 saturated carbocycles. The molecule has 0 N–H and O–H groups in total. The van der Waals surface area contributed by atoms with Crippen LogP contribution in [0.15, 0.2) is 67.0 Å². The fourth-order valence-corrected chi connectivity index (χ4v) is 4.94. The number of hydrogen-bond acceptors (Lipinski definition) is 6. The van der Waals surface area contributed by atoms with Crippen molar-refractivity contribution in [1.82, 2.24) is 19.7 Å². The normalized spacial score (nSPS) is 15.0. The van der Waals surface area contributed by atoms with E-state index in [1.807, 2.05) is 31.1 Å². The van der Waals surface area contributed by atoms with Gasteiger partial charge in [0, 0.05) is 74.5 Å². The third-order valence-electron chi connectivity index (χ3n) is 7.26. The lowest BCUT2D eigenvalue weighted by Gasteiger charge is -2.30. The van der Waals surface area contributed by atoms with Gasteiger partial charge in [-0.15, -0.1) is 0 Å². The average Bonchev–Trinajstić information content (AvgIpc) is 2.99. The number of rotatable bonds is 7. The summed E-state index contributed by atoms with van der Waals surface area (Å²) in [5.41, 5.74) is 2.19. The van der Waals surface area contributed by atoms with Gasteiger partial charge in [0.15, 0.2) is 0 Å². The van der Waals surface area contributed by atoms with Crippen LogP contribution in [0.3, 0.4) is 0 Å². The lowest BCUT2D eigenvalue weighted by molar-refractivity contribution is 0.0711. The van der Waals surface area contributed by atoms with E-state index in [9.17, 15) is 14.0 Å². The van der Waals surface area contributed by atoms with E-state index in [2.05, 4.69) is 23.7 Å². The summed E-state index contributed by atoms with van der Waals surface area (Å²) in [6.45, 7) is 8.01. The van der Waals surface area contributed by atoms with E-state index < -0.39 is 5.82 Å². The van der Waals surface area contributed by atoms with Crippen LogP contribution >= 0.6 is 0 Å². The number of amides is 2. The van der Waals surface area contributed by atoms with Crippen molar-refractivity contribution < 1.29 is 18.7 Å². The maximum atomic E-state index is 14.6. The van der Waals surface area contributed by atoms with Gasteiger partial charge < -0.3 is 19.4 Å². The molecule has 41 heavy (non-hydrogen) atoms. The largest absolute Gasteiger partial charge is 0.492 e. The van der Waals surface area contributed by atoms with Crippen LogP contribution in [0.2, 0.25) is 0 Å². The highest BCUT2D eigenvalue weighted by Gasteiger charge is 2.26. The highest BCUT2D eigenvalue weighted by atomic mass is 19.1. The molecule has 8 nitrogen and oxygen atoms in total. The van der Waals surface area contributed by atoms with E-state index in [0.717, 1.165) is 19.5 Å². The van der Waals surface area contributed by atoms with Gasteiger partial charge in [0.2, 0.25) is 0 Å². The van der Waals surface area contributed by atoms with Gasteiger partial charge >= 0.3 is 0 Å². The molecule has 0 spiro atoms. The number of pyridine rings is 1. The predicted molar refractivity (Wildman–Crippen MR) is 159 cm³/mol. The molecule has 2 heterocycles. The van der Waals surface area contributed by atoms with Gasteiger partial charge in [-0.2, -0.15) is 0 Å². The van der Waals surface area contributed by atoms with Crippen molar-refractivity contribution in [1.29, 1.82) is 0 Å². The number of fused-ring (bicyclic) bond motifs is 1. The summed E-state index contributed by atoms with van der Waals surface area (Å²) in [5.74, 6) is -0.147. The molecule has 0 bridgehead atoms. The van der Waals surface area contributed by atoms with Crippen LogP contribution in [0.1, 0.15) is 46.5 Å². The van der Waals surface area contributed by atoms with E-state index >= 15 is 0 Å². The molecule has 0 saturated heterocycles. The lowest BCUT2D eigenvalue weighted by Crippen LogP contribution is -2.41. The van der Waals surface area contributed by atoms with Crippen LogP contribution in [0, 0.1) is 5.82 Å². The van der Waals surface area contributed by atoms with Crippen LogP contribution in [0.25, 0.3) is 0 Å². The van der Waals surface area contributed by atoms with E-state index in [1.54, 1.807) is 52.5 Å². The summed E-state index contributed by atoms with van der Waals surface area (Å²) < 4.78 is 20.5. The van der Waals surface area contributed by atoms with Crippen LogP contribution in [0.4, 0.5) is 10.1 Å². The fraction of sp³-hybridized carbons (Fsp3) is 0.406. The molecule has 1 aliphatic heterocycles. The summed E-state index contributed by atoms with van der Waals surface area (Å²) in [6.07, 6.45) is 3.90. The summed E-state index contributed by atoms with van der Waals surface area (Å²) >= 11 is 0. The minimum atomic E-state index is -0.414. The van der Waals surface area contributed by atoms with Crippen LogP contribution in [0.5, 0.6) is 5.75 Å².